The van der Waals surface area contributed by atoms with E-state index in [-0.39, 0.29) is 6.42 Å². The first-order valence-electron chi connectivity index (χ1n) is 5.65. The lowest BCUT2D eigenvalue weighted by molar-refractivity contribution is -0.139. The molecule has 5 heteroatoms. The number of aliphatic hydroxyl groups excluding tert-OH is 1. The molecule has 2 N–H and O–H groups in total. The molecule has 0 aliphatic rings. The van der Waals surface area contributed by atoms with Crippen molar-refractivity contribution >= 4 is 33.1 Å². The zero-order chi connectivity index (χ0) is 13.1. The van der Waals surface area contributed by atoms with E-state index in [2.05, 4.69) is 0 Å². The average molecular weight is 265 g/mol. The van der Waals surface area contributed by atoms with Crippen LogP contribution in [-0.4, -0.2) is 35.9 Å². The number of carbonyl (C=O) groups is 1. The van der Waals surface area contributed by atoms with Crippen molar-refractivity contribution in [3.05, 3.63) is 29.6 Å². The second kappa shape index (κ2) is 5.37. The number of aliphatic hydroxyl groups is 1. The van der Waals surface area contributed by atoms with E-state index in [1.165, 1.54) is 4.70 Å². The van der Waals surface area contributed by atoms with E-state index in [0.717, 1.165) is 11.1 Å². The summed E-state index contributed by atoms with van der Waals surface area (Å²) in [4.78, 5) is 12.4. The fourth-order valence-electron chi connectivity index (χ4n) is 1.94. The van der Waals surface area contributed by atoms with Gasteiger partial charge in [-0.25, -0.2) is 0 Å². The van der Waals surface area contributed by atoms with Gasteiger partial charge in [0, 0.05) is 29.1 Å². The first kappa shape index (κ1) is 12.9. The summed E-state index contributed by atoms with van der Waals surface area (Å²) in [5.41, 5.74) is 1.03. The molecular weight excluding hydrogens is 250 g/mol. The molecule has 1 unspecified atom stereocenters. The molecule has 4 nitrogen and oxygen atoms in total. The number of fused-ring (bicyclic) bond motifs is 1. The normalized spacial score (nSPS) is 12.6. The molecule has 96 valence electrons. The minimum Gasteiger partial charge on any atom is -0.481 e. The Hall–Kier alpha value is -1.59. The first-order chi connectivity index (χ1) is 8.58. The molecule has 1 aromatic carbocycles. The molecule has 0 radical (unpaired) electrons. The van der Waals surface area contributed by atoms with Crippen molar-refractivity contribution in [1.82, 2.24) is 0 Å². The SMILES string of the molecule is CN(CC(O)CC(=O)O)c1csc2ccccc12. The van der Waals surface area contributed by atoms with Crippen LogP contribution in [0.15, 0.2) is 29.6 Å². The molecule has 0 bridgehead atoms. The Labute approximate surface area is 109 Å². The second-order valence-electron chi connectivity index (χ2n) is 4.25. The molecule has 18 heavy (non-hydrogen) atoms. The summed E-state index contributed by atoms with van der Waals surface area (Å²) in [6.45, 7) is 0.313. The van der Waals surface area contributed by atoms with Crippen molar-refractivity contribution in [2.24, 2.45) is 0 Å². The number of aliphatic carboxylic acids is 1. The Balaban J connectivity index is 2.13. The van der Waals surface area contributed by atoms with Gasteiger partial charge in [-0.15, -0.1) is 11.3 Å². The predicted octanol–water partition coefficient (Wildman–Crippen LogP) is 2.17. The number of hydrogen-bond acceptors (Lipinski definition) is 4. The van der Waals surface area contributed by atoms with Crippen LogP contribution in [0.2, 0.25) is 0 Å². The maximum Gasteiger partial charge on any atom is 0.306 e. The van der Waals surface area contributed by atoms with Gasteiger partial charge in [0.25, 0.3) is 0 Å². The summed E-state index contributed by atoms with van der Waals surface area (Å²) in [5, 5.41) is 21.4. The third kappa shape index (κ3) is 2.80. The quantitative estimate of drug-likeness (QED) is 0.870. The molecular formula is C13H15NO3S. The van der Waals surface area contributed by atoms with E-state index in [4.69, 9.17) is 5.11 Å². The molecule has 0 aliphatic heterocycles. The van der Waals surface area contributed by atoms with Crippen LogP contribution in [0.5, 0.6) is 0 Å². The lowest BCUT2D eigenvalue weighted by atomic mass is 10.2. The van der Waals surface area contributed by atoms with Crippen LogP contribution in [0.1, 0.15) is 6.42 Å². The topological polar surface area (TPSA) is 60.8 Å². The van der Waals surface area contributed by atoms with Crippen LogP contribution in [0.25, 0.3) is 10.1 Å². The van der Waals surface area contributed by atoms with Crippen LogP contribution in [0.3, 0.4) is 0 Å². The zero-order valence-electron chi connectivity index (χ0n) is 10.0. The third-order valence-electron chi connectivity index (χ3n) is 2.77. The van der Waals surface area contributed by atoms with Gasteiger partial charge >= 0.3 is 5.97 Å². The Bertz CT molecular complexity index is 552. The number of rotatable bonds is 5. The maximum absolute atomic E-state index is 10.5. The number of thiophene rings is 1. The largest absolute Gasteiger partial charge is 0.481 e. The van der Waals surface area contributed by atoms with Crippen molar-refractivity contribution in [2.75, 3.05) is 18.5 Å². The molecule has 2 aromatic rings. The van der Waals surface area contributed by atoms with Gasteiger partial charge in [0.05, 0.1) is 18.2 Å². The van der Waals surface area contributed by atoms with Crippen LogP contribution in [0, 0.1) is 0 Å². The maximum atomic E-state index is 10.5. The van der Waals surface area contributed by atoms with Gasteiger partial charge in [0.15, 0.2) is 0 Å². The molecule has 1 aromatic heterocycles. The second-order valence-corrected chi connectivity index (χ2v) is 5.16. The van der Waals surface area contributed by atoms with E-state index < -0.39 is 12.1 Å². The Morgan fingerprint density at radius 2 is 2.17 bits per heavy atom. The summed E-state index contributed by atoms with van der Waals surface area (Å²) >= 11 is 1.64. The number of anilines is 1. The molecule has 2 rings (SSSR count). The van der Waals surface area contributed by atoms with Crippen LogP contribution >= 0.6 is 11.3 Å². The van der Waals surface area contributed by atoms with Gasteiger partial charge in [-0.2, -0.15) is 0 Å². The van der Waals surface area contributed by atoms with Crippen LogP contribution in [0.4, 0.5) is 5.69 Å². The number of likely N-dealkylation sites (N-methyl/N-ethyl adjacent to an activating group) is 1. The number of nitrogens with zero attached hydrogens (tertiary/aromatic N) is 1. The standard InChI is InChI=1S/C13H15NO3S/c1-14(7-9(15)6-13(16)17)11-8-18-12-5-3-2-4-10(11)12/h2-5,8-9,15H,6-7H2,1H3,(H,16,17). The number of carboxylic acids is 1. The van der Waals surface area contributed by atoms with Gasteiger partial charge in [0.1, 0.15) is 0 Å². The molecule has 0 spiro atoms. The molecule has 0 saturated heterocycles. The molecule has 0 amide bonds. The summed E-state index contributed by atoms with van der Waals surface area (Å²) in [5.74, 6) is -0.980. The number of benzene rings is 1. The van der Waals surface area contributed by atoms with Crippen molar-refractivity contribution in [3.8, 4) is 0 Å². The summed E-state index contributed by atoms with van der Waals surface area (Å²) in [7, 11) is 1.86. The number of hydrogen-bond donors (Lipinski definition) is 2. The van der Waals surface area contributed by atoms with Gasteiger partial charge in [-0.05, 0) is 6.07 Å². The van der Waals surface area contributed by atoms with Gasteiger partial charge in [-0.3, -0.25) is 4.79 Å². The Morgan fingerprint density at radius 1 is 1.44 bits per heavy atom. The van der Waals surface area contributed by atoms with E-state index in [1.54, 1.807) is 11.3 Å². The van der Waals surface area contributed by atoms with Crippen molar-refractivity contribution in [1.29, 1.82) is 0 Å². The smallest absolute Gasteiger partial charge is 0.306 e. The average Bonchev–Trinajstić information content (AvgIpc) is 2.71. The lowest BCUT2D eigenvalue weighted by Crippen LogP contribution is -2.30. The van der Waals surface area contributed by atoms with E-state index in [0.29, 0.717) is 6.54 Å². The van der Waals surface area contributed by atoms with Crippen molar-refractivity contribution in [2.45, 2.75) is 12.5 Å². The predicted molar refractivity (Wildman–Crippen MR) is 73.4 cm³/mol. The highest BCUT2D eigenvalue weighted by molar-refractivity contribution is 7.17. The van der Waals surface area contributed by atoms with Crippen LogP contribution < -0.4 is 4.90 Å². The first-order valence-corrected chi connectivity index (χ1v) is 6.53. The molecule has 0 saturated carbocycles. The van der Waals surface area contributed by atoms with E-state index >= 15 is 0 Å². The molecule has 0 aliphatic carbocycles. The van der Waals surface area contributed by atoms with E-state index in [1.807, 2.05) is 41.6 Å². The minimum absolute atomic E-state index is 0.230. The van der Waals surface area contributed by atoms with Gasteiger partial charge in [0.2, 0.25) is 0 Å². The van der Waals surface area contributed by atoms with Gasteiger partial charge in [-0.1, -0.05) is 18.2 Å². The lowest BCUT2D eigenvalue weighted by Gasteiger charge is -2.21. The molecule has 0 fully saturated rings. The number of carboxylic acid groups (broad SMARTS) is 1. The Morgan fingerprint density at radius 3 is 2.89 bits per heavy atom. The zero-order valence-corrected chi connectivity index (χ0v) is 10.9. The fraction of sp³-hybridized carbons (Fsp3) is 0.308. The summed E-state index contributed by atoms with van der Waals surface area (Å²) in [6, 6.07) is 8.04. The van der Waals surface area contributed by atoms with Crippen molar-refractivity contribution < 1.29 is 15.0 Å². The summed E-state index contributed by atoms with van der Waals surface area (Å²) in [6.07, 6.45) is -1.09. The molecule has 1 atom stereocenters. The summed E-state index contributed by atoms with van der Waals surface area (Å²) < 4.78 is 1.19. The Kier molecular flexibility index (Phi) is 3.84. The fourth-order valence-corrected chi connectivity index (χ4v) is 2.94. The monoisotopic (exact) mass is 265 g/mol. The highest BCUT2D eigenvalue weighted by atomic mass is 32.1. The van der Waals surface area contributed by atoms with Crippen LogP contribution in [-0.2, 0) is 4.79 Å². The highest BCUT2D eigenvalue weighted by Crippen LogP contribution is 2.32. The molecule has 1 heterocycles. The third-order valence-corrected chi connectivity index (χ3v) is 3.72. The van der Waals surface area contributed by atoms with Gasteiger partial charge < -0.3 is 15.1 Å². The minimum atomic E-state index is -0.980. The highest BCUT2D eigenvalue weighted by Gasteiger charge is 2.14. The van der Waals surface area contributed by atoms with Crippen molar-refractivity contribution in [3.63, 3.8) is 0 Å². The van der Waals surface area contributed by atoms with E-state index in [9.17, 15) is 9.90 Å².